The van der Waals surface area contributed by atoms with Gasteiger partial charge in [0.2, 0.25) is 0 Å². The number of aryl methyl sites for hydroxylation is 1. The molecule has 0 radical (unpaired) electrons. The Balaban J connectivity index is 1.50. The van der Waals surface area contributed by atoms with E-state index in [0.717, 1.165) is 41.3 Å². The molecule has 2 aliphatic heterocycles. The van der Waals surface area contributed by atoms with Gasteiger partial charge in [0.25, 0.3) is 5.91 Å². The molecule has 1 N–H and O–H groups in total. The predicted molar refractivity (Wildman–Crippen MR) is 89.4 cm³/mol. The summed E-state index contributed by atoms with van der Waals surface area (Å²) in [5, 5.41) is 4.41. The van der Waals surface area contributed by atoms with Crippen molar-refractivity contribution in [3.05, 3.63) is 29.5 Å². The number of nitrogens with zero attached hydrogens (tertiary/aromatic N) is 2. The second-order valence-electron chi connectivity index (χ2n) is 6.51. The summed E-state index contributed by atoms with van der Waals surface area (Å²) in [6, 6.07) is 6.26. The van der Waals surface area contributed by atoms with Crippen LogP contribution < -0.4 is 5.32 Å². The molecule has 1 aromatic carbocycles. The highest BCUT2D eigenvalue weighted by atomic mass is 32.1. The lowest BCUT2D eigenvalue weighted by Crippen LogP contribution is -2.47. The van der Waals surface area contributed by atoms with Crippen molar-refractivity contribution in [2.45, 2.75) is 32.2 Å². The molecule has 0 spiro atoms. The Kier molecular flexibility index (Phi) is 3.62. The highest BCUT2D eigenvalue weighted by molar-refractivity contribution is 7.13. The van der Waals surface area contributed by atoms with Crippen LogP contribution in [0.5, 0.6) is 0 Å². The third-order valence-corrected chi connectivity index (χ3v) is 5.79. The molecular weight excluding hydrogens is 294 g/mol. The normalized spacial score (nSPS) is 27.2. The lowest BCUT2D eigenvalue weighted by atomic mass is 9.96. The van der Waals surface area contributed by atoms with Gasteiger partial charge in [-0.2, -0.15) is 4.37 Å². The van der Waals surface area contributed by atoms with Crippen LogP contribution in [0.25, 0.3) is 10.1 Å². The first-order valence-electron chi connectivity index (χ1n) is 8.14. The molecule has 3 atom stereocenters. The summed E-state index contributed by atoms with van der Waals surface area (Å²) >= 11 is 1.49. The number of piperidine rings is 1. The van der Waals surface area contributed by atoms with Crippen molar-refractivity contribution in [2.75, 3.05) is 19.6 Å². The SMILES string of the molecule is CCc1nsc2cc(C(=O)N[C@@H]3C[C@H]4CCN(C4)C3)ccc12. The van der Waals surface area contributed by atoms with Gasteiger partial charge in [-0.3, -0.25) is 4.79 Å². The third kappa shape index (κ3) is 2.52. The van der Waals surface area contributed by atoms with E-state index in [9.17, 15) is 4.79 Å². The summed E-state index contributed by atoms with van der Waals surface area (Å²) in [6.07, 6.45) is 3.36. The van der Waals surface area contributed by atoms with Gasteiger partial charge in [-0.05, 0) is 55.4 Å². The molecule has 5 heteroatoms. The van der Waals surface area contributed by atoms with Gasteiger partial charge >= 0.3 is 0 Å². The van der Waals surface area contributed by atoms with Gasteiger partial charge in [0, 0.05) is 30.1 Å². The molecule has 2 saturated heterocycles. The zero-order valence-electron chi connectivity index (χ0n) is 12.8. The van der Waals surface area contributed by atoms with Crippen molar-refractivity contribution in [1.82, 2.24) is 14.6 Å². The number of hydrogen-bond donors (Lipinski definition) is 1. The van der Waals surface area contributed by atoms with Gasteiger partial charge in [-0.1, -0.05) is 13.0 Å². The lowest BCUT2D eigenvalue weighted by molar-refractivity contribution is 0.0909. The zero-order chi connectivity index (χ0) is 15.1. The number of fused-ring (bicyclic) bond motifs is 3. The summed E-state index contributed by atoms with van der Waals surface area (Å²) in [5.74, 6) is 0.830. The molecule has 1 unspecified atom stereocenters. The predicted octanol–water partition coefficient (Wildman–Crippen LogP) is 2.68. The van der Waals surface area contributed by atoms with Crippen LogP contribution in [0, 0.1) is 5.92 Å². The molecule has 2 fully saturated rings. The molecule has 116 valence electrons. The number of rotatable bonds is 3. The fourth-order valence-corrected chi connectivity index (χ4v) is 4.72. The molecule has 4 rings (SSSR count). The number of hydrogen-bond acceptors (Lipinski definition) is 4. The molecular formula is C17H21N3OS. The van der Waals surface area contributed by atoms with Crippen molar-refractivity contribution in [3.8, 4) is 0 Å². The Morgan fingerprint density at radius 1 is 1.45 bits per heavy atom. The zero-order valence-corrected chi connectivity index (χ0v) is 13.7. The van der Waals surface area contributed by atoms with Crippen molar-refractivity contribution in [1.29, 1.82) is 0 Å². The Bertz CT molecular complexity index is 699. The van der Waals surface area contributed by atoms with E-state index in [4.69, 9.17) is 0 Å². The number of amides is 1. The smallest absolute Gasteiger partial charge is 0.251 e. The number of benzene rings is 1. The maximum Gasteiger partial charge on any atom is 0.251 e. The van der Waals surface area contributed by atoms with E-state index in [1.807, 2.05) is 18.2 Å². The van der Waals surface area contributed by atoms with E-state index in [1.54, 1.807) is 0 Å². The second kappa shape index (κ2) is 5.63. The van der Waals surface area contributed by atoms with Gasteiger partial charge in [0.15, 0.2) is 0 Å². The van der Waals surface area contributed by atoms with E-state index < -0.39 is 0 Å². The van der Waals surface area contributed by atoms with E-state index in [2.05, 4.69) is 21.5 Å². The maximum absolute atomic E-state index is 12.5. The number of carbonyl (C=O) groups excluding carboxylic acids is 1. The van der Waals surface area contributed by atoms with Gasteiger partial charge in [0.05, 0.1) is 10.4 Å². The minimum atomic E-state index is 0.0563. The van der Waals surface area contributed by atoms with Crippen LogP contribution in [0.1, 0.15) is 35.8 Å². The van der Waals surface area contributed by atoms with Crippen LogP contribution in [0.2, 0.25) is 0 Å². The molecule has 0 saturated carbocycles. The standard InChI is InChI=1S/C17H21N3OS/c1-2-15-14-4-3-12(8-16(14)22-19-15)17(21)18-13-7-11-5-6-20(9-11)10-13/h3-4,8,11,13H,2,5-7,9-10H2,1H3,(H,18,21)/t11-,13-/m1/s1. The largest absolute Gasteiger partial charge is 0.348 e. The number of aromatic nitrogens is 1. The molecule has 3 heterocycles. The van der Waals surface area contributed by atoms with E-state index >= 15 is 0 Å². The number of nitrogens with one attached hydrogen (secondary N) is 1. The Hall–Kier alpha value is -1.46. The summed E-state index contributed by atoms with van der Waals surface area (Å²) in [7, 11) is 0. The topological polar surface area (TPSA) is 45.2 Å². The average molecular weight is 315 g/mol. The van der Waals surface area contributed by atoms with Crippen LogP contribution >= 0.6 is 11.5 Å². The Morgan fingerprint density at radius 2 is 2.36 bits per heavy atom. The van der Waals surface area contributed by atoms with Gasteiger partial charge in [-0.25, -0.2) is 0 Å². The van der Waals surface area contributed by atoms with Crippen molar-refractivity contribution in [3.63, 3.8) is 0 Å². The van der Waals surface area contributed by atoms with Crippen LogP contribution in [-0.2, 0) is 6.42 Å². The van der Waals surface area contributed by atoms with Gasteiger partial charge in [-0.15, -0.1) is 0 Å². The molecule has 1 aromatic heterocycles. The first-order chi connectivity index (χ1) is 10.7. The lowest BCUT2D eigenvalue weighted by Gasteiger charge is -2.30. The van der Waals surface area contributed by atoms with Crippen molar-refractivity contribution >= 4 is 27.5 Å². The summed E-state index contributed by atoms with van der Waals surface area (Å²) in [5.41, 5.74) is 1.88. The maximum atomic E-state index is 12.5. The third-order valence-electron chi connectivity index (χ3n) is 4.95. The van der Waals surface area contributed by atoms with Gasteiger partial charge < -0.3 is 10.2 Å². The van der Waals surface area contributed by atoms with Crippen LogP contribution in [-0.4, -0.2) is 40.9 Å². The number of carbonyl (C=O) groups is 1. The quantitative estimate of drug-likeness (QED) is 0.947. The highest BCUT2D eigenvalue weighted by Crippen LogP contribution is 2.27. The van der Waals surface area contributed by atoms with E-state index in [1.165, 1.54) is 36.4 Å². The van der Waals surface area contributed by atoms with Crippen LogP contribution in [0.3, 0.4) is 0 Å². The van der Waals surface area contributed by atoms with Crippen molar-refractivity contribution < 1.29 is 4.79 Å². The Labute approximate surface area is 134 Å². The minimum Gasteiger partial charge on any atom is -0.348 e. The molecule has 22 heavy (non-hydrogen) atoms. The second-order valence-corrected chi connectivity index (χ2v) is 7.32. The van der Waals surface area contributed by atoms with E-state index in [-0.39, 0.29) is 5.91 Å². The highest BCUT2D eigenvalue weighted by Gasteiger charge is 2.32. The van der Waals surface area contributed by atoms with Crippen LogP contribution in [0.4, 0.5) is 0 Å². The molecule has 2 aromatic rings. The fraction of sp³-hybridized carbons (Fsp3) is 0.529. The van der Waals surface area contributed by atoms with E-state index in [0.29, 0.717) is 6.04 Å². The Morgan fingerprint density at radius 3 is 3.18 bits per heavy atom. The van der Waals surface area contributed by atoms with Crippen molar-refractivity contribution in [2.24, 2.45) is 5.92 Å². The fourth-order valence-electron chi connectivity index (χ4n) is 3.82. The molecule has 0 aliphatic carbocycles. The van der Waals surface area contributed by atoms with Gasteiger partial charge in [0.1, 0.15) is 0 Å². The molecule has 2 aliphatic rings. The molecule has 1 amide bonds. The summed E-state index contributed by atoms with van der Waals surface area (Å²) in [6.45, 7) is 5.54. The minimum absolute atomic E-state index is 0.0563. The van der Waals surface area contributed by atoms with Crippen LogP contribution in [0.15, 0.2) is 18.2 Å². The average Bonchev–Trinajstić information content (AvgIpc) is 3.09. The summed E-state index contributed by atoms with van der Waals surface area (Å²) < 4.78 is 5.57. The molecule has 4 nitrogen and oxygen atoms in total. The summed E-state index contributed by atoms with van der Waals surface area (Å²) in [4.78, 5) is 15.0. The first-order valence-corrected chi connectivity index (χ1v) is 8.92. The monoisotopic (exact) mass is 315 g/mol. The first kappa shape index (κ1) is 14.2. The molecule has 2 bridgehead atoms.